The van der Waals surface area contributed by atoms with E-state index in [1.165, 1.54) is 0 Å². The minimum atomic E-state index is -0.925. The van der Waals surface area contributed by atoms with Gasteiger partial charge >= 0.3 is 12.0 Å². The van der Waals surface area contributed by atoms with Crippen LogP contribution in [0.2, 0.25) is 0 Å². The van der Waals surface area contributed by atoms with Crippen LogP contribution in [-0.4, -0.2) is 48.4 Å². The number of ether oxygens (including phenoxy) is 1. The number of hydrogen-bond acceptors (Lipinski definition) is 6. The summed E-state index contributed by atoms with van der Waals surface area (Å²) in [6.07, 6.45) is 0.607. The molecule has 0 saturated heterocycles. The number of nitrogens with two attached hydrogens (primary N) is 1. The largest absolute Gasteiger partial charge is 0.461 e. The molecule has 0 spiro atoms. The Morgan fingerprint density at radius 1 is 0.838 bits per heavy atom. The molecule has 6 N–H and O–H groups in total. The normalized spacial score (nSPS) is 12.6. The van der Waals surface area contributed by atoms with Crippen molar-refractivity contribution in [1.29, 1.82) is 0 Å². The smallest absolute Gasteiger partial charge is 0.312 e. The Hall–Kier alpha value is -3.63. The van der Waals surface area contributed by atoms with Crippen molar-refractivity contribution in [2.24, 2.45) is 23.5 Å². The predicted octanol–water partition coefficient (Wildman–Crippen LogP) is 2.05. The zero-order valence-corrected chi connectivity index (χ0v) is 22.6. The van der Waals surface area contributed by atoms with Gasteiger partial charge in [0.05, 0.1) is 5.92 Å². The Morgan fingerprint density at radius 3 is 1.97 bits per heavy atom. The van der Waals surface area contributed by atoms with Crippen molar-refractivity contribution in [2.45, 2.75) is 73.1 Å². The Labute approximate surface area is 218 Å². The number of primary amides is 1. The van der Waals surface area contributed by atoms with E-state index >= 15 is 0 Å². The van der Waals surface area contributed by atoms with Crippen LogP contribution in [0.4, 0.5) is 10.5 Å². The number of esters is 1. The highest BCUT2D eigenvalue weighted by molar-refractivity contribution is 5.98. The number of benzene rings is 1. The van der Waals surface area contributed by atoms with Crippen molar-refractivity contribution in [3.05, 3.63) is 29.8 Å². The number of carbonyl (C=O) groups is 5. The summed E-state index contributed by atoms with van der Waals surface area (Å²) in [6.45, 7) is 10.9. The predicted molar refractivity (Wildman–Crippen MR) is 140 cm³/mol. The van der Waals surface area contributed by atoms with E-state index in [-0.39, 0.29) is 49.2 Å². The van der Waals surface area contributed by atoms with Gasteiger partial charge in [0.25, 0.3) is 0 Å². The van der Waals surface area contributed by atoms with E-state index in [0.29, 0.717) is 12.1 Å². The molecule has 11 heteroatoms. The van der Waals surface area contributed by atoms with Crippen LogP contribution in [0.5, 0.6) is 0 Å². The molecule has 0 unspecified atom stereocenters. The van der Waals surface area contributed by atoms with Crippen LogP contribution in [0.25, 0.3) is 0 Å². The minimum Gasteiger partial charge on any atom is -0.461 e. The maximum absolute atomic E-state index is 13.1. The number of hydrogen-bond donors (Lipinski definition) is 5. The summed E-state index contributed by atoms with van der Waals surface area (Å²) < 4.78 is 5.21. The topological polar surface area (TPSA) is 169 Å². The minimum absolute atomic E-state index is 0.121. The number of carbonyl (C=O) groups excluding carboxylic acids is 5. The molecule has 206 valence electrons. The standard InChI is InChI=1S/C26H41N5O6/c1-15(2)21(31-22(32)16(3)4)24(34)30-20(8-7-13-28-26(27)36)23(33)29-19-11-9-18(10-12-19)14-37-25(35)17(5)6/h9-12,15-17,20-21H,7-8,13-14H2,1-6H3,(H,29,33)(H,30,34)(H,31,32)(H3,27,28,36)/t20-,21-/m0/s1. The van der Waals surface area contributed by atoms with Gasteiger partial charge < -0.3 is 31.7 Å². The fourth-order valence-electron chi connectivity index (χ4n) is 3.14. The molecule has 1 aromatic rings. The number of rotatable bonds is 14. The lowest BCUT2D eigenvalue weighted by Gasteiger charge is -2.26. The van der Waals surface area contributed by atoms with E-state index in [1.807, 2.05) is 0 Å². The zero-order chi connectivity index (χ0) is 28.1. The summed E-state index contributed by atoms with van der Waals surface area (Å²) >= 11 is 0. The van der Waals surface area contributed by atoms with E-state index in [2.05, 4.69) is 21.3 Å². The maximum Gasteiger partial charge on any atom is 0.312 e. The van der Waals surface area contributed by atoms with Crippen LogP contribution in [-0.2, 0) is 30.5 Å². The number of anilines is 1. The molecule has 2 atom stereocenters. The molecule has 0 fully saturated rings. The van der Waals surface area contributed by atoms with Gasteiger partial charge in [0.15, 0.2) is 0 Å². The lowest BCUT2D eigenvalue weighted by molar-refractivity contribution is -0.148. The summed E-state index contributed by atoms with van der Waals surface area (Å²) in [4.78, 5) is 60.9. The third-order valence-corrected chi connectivity index (χ3v) is 5.45. The SMILES string of the molecule is CC(C)C(=O)N[C@H](C(=O)N[C@@H](CCCNC(N)=O)C(=O)Nc1ccc(COC(=O)C(C)C)cc1)C(C)C. The lowest BCUT2D eigenvalue weighted by atomic mass is 10.0. The first-order valence-corrected chi connectivity index (χ1v) is 12.5. The van der Waals surface area contributed by atoms with Crippen molar-refractivity contribution >= 4 is 35.4 Å². The molecule has 1 rings (SSSR count). The van der Waals surface area contributed by atoms with Crippen molar-refractivity contribution in [2.75, 3.05) is 11.9 Å². The first-order chi connectivity index (χ1) is 17.3. The number of amides is 5. The molecular weight excluding hydrogens is 478 g/mol. The monoisotopic (exact) mass is 519 g/mol. The van der Waals surface area contributed by atoms with Crippen LogP contribution >= 0.6 is 0 Å². The highest BCUT2D eigenvalue weighted by atomic mass is 16.5. The van der Waals surface area contributed by atoms with Gasteiger partial charge in [-0.2, -0.15) is 0 Å². The molecule has 0 aromatic heterocycles. The van der Waals surface area contributed by atoms with Gasteiger partial charge in [-0.1, -0.05) is 53.7 Å². The maximum atomic E-state index is 13.1. The fourth-order valence-corrected chi connectivity index (χ4v) is 3.14. The van der Waals surface area contributed by atoms with Gasteiger partial charge in [-0.05, 0) is 36.5 Å². The molecule has 0 saturated carbocycles. The average Bonchev–Trinajstić information content (AvgIpc) is 2.82. The van der Waals surface area contributed by atoms with Crippen LogP contribution in [0, 0.1) is 17.8 Å². The van der Waals surface area contributed by atoms with Crippen molar-refractivity contribution in [3.8, 4) is 0 Å². The molecule has 1 aromatic carbocycles. The van der Waals surface area contributed by atoms with Crippen LogP contribution < -0.4 is 27.0 Å². The highest BCUT2D eigenvalue weighted by Crippen LogP contribution is 2.13. The van der Waals surface area contributed by atoms with Crippen molar-refractivity contribution in [1.82, 2.24) is 16.0 Å². The highest BCUT2D eigenvalue weighted by Gasteiger charge is 2.29. The van der Waals surface area contributed by atoms with Crippen LogP contribution in [0.3, 0.4) is 0 Å². The second-order valence-electron chi connectivity index (χ2n) is 9.83. The van der Waals surface area contributed by atoms with Gasteiger partial charge in [-0.3, -0.25) is 19.2 Å². The second-order valence-corrected chi connectivity index (χ2v) is 9.83. The lowest BCUT2D eigenvalue weighted by Crippen LogP contribution is -2.55. The molecule has 0 heterocycles. The van der Waals surface area contributed by atoms with Crippen molar-refractivity contribution < 1.29 is 28.7 Å². The summed E-state index contributed by atoms with van der Waals surface area (Å²) in [5, 5.41) is 10.7. The number of nitrogens with one attached hydrogen (secondary N) is 4. The van der Waals surface area contributed by atoms with Gasteiger partial charge in [0.1, 0.15) is 18.7 Å². The second kappa shape index (κ2) is 15.5. The number of urea groups is 1. The van der Waals surface area contributed by atoms with Gasteiger partial charge in [0, 0.05) is 18.2 Å². The Balaban J connectivity index is 2.91. The fraction of sp³-hybridized carbons (Fsp3) is 0.577. The Morgan fingerprint density at radius 2 is 1.46 bits per heavy atom. The van der Waals surface area contributed by atoms with Gasteiger partial charge in [-0.25, -0.2) is 4.79 Å². The summed E-state index contributed by atoms with van der Waals surface area (Å²) in [5.41, 5.74) is 6.35. The summed E-state index contributed by atoms with van der Waals surface area (Å²) in [5.74, 6) is -2.23. The summed E-state index contributed by atoms with van der Waals surface area (Å²) in [6, 6.07) is 4.37. The van der Waals surface area contributed by atoms with E-state index in [1.54, 1.807) is 65.8 Å². The molecule has 0 aliphatic rings. The molecule has 11 nitrogen and oxygen atoms in total. The van der Waals surface area contributed by atoms with E-state index < -0.39 is 29.9 Å². The van der Waals surface area contributed by atoms with E-state index in [4.69, 9.17) is 10.5 Å². The molecule has 0 aliphatic carbocycles. The first-order valence-electron chi connectivity index (χ1n) is 12.5. The van der Waals surface area contributed by atoms with Gasteiger partial charge in [-0.15, -0.1) is 0 Å². The quantitative estimate of drug-likeness (QED) is 0.186. The average molecular weight is 520 g/mol. The van der Waals surface area contributed by atoms with Gasteiger partial charge in [0.2, 0.25) is 17.7 Å². The van der Waals surface area contributed by atoms with Crippen LogP contribution in [0.1, 0.15) is 59.9 Å². The molecular formula is C26H41N5O6. The first kappa shape index (κ1) is 31.4. The molecule has 0 bridgehead atoms. The molecule has 0 radical (unpaired) electrons. The third-order valence-electron chi connectivity index (χ3n) is 5.45. The Kier molecular flexibility index (Phi) is 13.1. The van der Waals surface area contributed by atoms with E-state index in [9.17, 15) is 24.0 Å². The molecule has 37 heavy (non-hydrogen) atoms. The third kappa shape index (κ3) is 11.8. The molecule has 0 aliphatic heterocycles. The van der Waals surface area contributed by atoms with E-state index in [0.717, 1.165) is 5.56 Å². The summed E-state index contributed by atoms with van der Waals surface area (Å²) in [7, 11) is 0. The molecule has 5 amide bonds. The Bertz CT molecular complexity index is 930. The zero-order valence-electron chi connectivity index (χ0n) is 22.6. The van der Waals surface area contributed by atoms with Crippen molar-refractivity contribution in [3.63, 3.8) is 0 Å². The van der Waals surface area contributed by atoms with Crippen LogP contribution in [0.15, 0.2) is 24.3 Å².